The zero-order valence-corrected chi connectivity index (χ0v) is 20.8. The van der Waals surface area contributed by atoms with Gasteiger partial charge in [-0.3, -0.25) is 0 Å². The molecule has 0 atom stereocenters. The SMILES string of the molecule is CC1CCC(/C=C/C2CCC(OCC(F)(F)Oc3ccc(-c4cc(F)c(F)c(F)c4)c(F)c3)CC2)CC1. The van der Waals surface area contributed by atoms with Crippen molar-refractivity contribution in [3.05, 3.63) is 65.8 Å². The van der Waals surface area contributed by atoms with E-state index >= 15 is 0 Å². The molecule has 2 nitrogen and oxygen atoms in total. The van der Waals surface area contributed by atoms with E-state index in [4.69, 9.17) is 4.74 Å². The molecule has 2 aromatic rings. The molecule has 2 aromatic carbocycles. The molecule has 2 aliphatic rings. The molecule has 0 aromatic heterocycles. The minimum Gasteiger partial charge on any atom is -0.431 e. The van der Waals surface area contributed by atoms with Crippen LogP contribution in [0.2, 0.25) is 0 Å². The molecule has 2 saturated carbocycles. The largest absolute Gasteiger partial charge is 0.431 e. The van der Waals surface area contributed by atoms with Crippen molar-refractivity contribution >= 4 is 0 Å². The highest BCUT2D eigenvalue weighted by Crippen LogP contribution is 2.34. The van der Waals surface area contributed by atoms with Crippen LogP contribution in [0.4, 0.5) is 26.3 Å². The second kappa shape index (κ2) is 11.9. The maximum absolute atomic E-state index is 14.5. The van der Waals surface area contributed by atoms with Crippen molar-refractivity contribution in [3.8, 4) is 16.9 Å². The van der Waals surface area contributed by atoms with Crippen molar-refractivity contribution in [2.75, 3.05) is 6.61 Å². The summed E-state index contributed by atoms with van der Waals surface area (Å²) in [5.41, 5.74) is -0.553. The summed E-state index contributed by atoms with van der Waals surface area (Å²) in [4.78, 5) is 0. The Morgan fingerprint density at radius 3 is 1.92 bits per heavy atom. The van der Waals surface area contributed by atoms with E-state index in [9.17, 15) is 26.3 Å². The quantitative estimate of drug-likeness (QED) is 0.194. The molecule has 0 unspecified atom stereocenters. The van der Waals surface area contributed by atoms with Crippen molar-refractivity contribution in [2.45, 2.75) is 70.5 Å². The molecular formula is C29H32F6O2. The second-order valence-corrected chi connectivity index (χ2v) is 10.4. The smallest absolute Gasteiger partial charge is 0.421 e. The van der Waals surface area contributed by atoms with Gasteiger partial charge in [0.15, 0.2) is 24.1 Å². The fourth-order valence-corrected chi connectivity index (χ4v) is 5.16. The Labute approximate surface area is 213 Å². The van der Waals surface area contributed by atoms with Gasteiger partial charge in [0.1, 0.15) is 11.6 Å². The molecule has 8 heteroatoms. The van der Waals surface area contributed by atoms with Gasteiger partial charge in [-0.1, -0.05) is 31.9 Å². The molecule has 2 aliphatic carbocycles. The Hall–Kier alpha value is -2.48. The average molecular weight is 527 g/mol. The molecule has 0 aliphatic heterocycles. The molecule has 4 rings (SSSR count). The van der Waals surface area contributed by atoms with Crippen LogP contribution in [0.15, 0.2) is 42.5 Å². The summed E-state index contributed by atoms with van der Waals surface area (Å²) in [5.74, 6) is -4.25. The number of hydrogen-bond donors (Lipinski definition) is 0. The maximum Gasteiger partial charge on any atom is 0.421 e. The lowest BCUT2D eigenvalue weighted by molar-refractivity contribution is -0.222. The maximum atomic E-state index is 14.5. The van der Waals surface area contributed by atoms with E-state index < -0.39 is 41.7 Å². The van der Waals surface area contributed by atoms with Gasteiger partial charge in [0, 0.05) is 11.6 Å². The van der Waals surface area contributed by atoms with Gasteiger partial charge < -0.3 is 9.47 Å². The van der Waals surface area contributed by atoms with E-state index in [-0.39, 0.29) is 17.2 Å². The van der Waals surface area contributed by atoms with Crippen LogP contribution in [-0.4, -0.2) is 18.8 Å². The predicted molar refractivity (Wildman–Crippen MR) is 129 cm³/mol. The molecule has 0 radical (unpaired) electrons. The molecule has 202 valence electrons. The minimum absolute atomic E-state index is 0.269. The first-order valence-corrected chi connectivity index (χ1v) is 12.9. The zero-order chi connectivity index (χ0) is 26.6. The molecular weight excluding hydrogens is 494 g/mol. The number of hydrogen-bond acceptors (Lipinski definition) is 2. The summed E-state index contributed by atoms with van der Waals surface area (Å²) in [6, 6.07) is 4.03. The lowest BCUT2D eigenvalue weighted by atomic mass is 9.81. The van der Waals surface area contributed by atoms with Crippen molar-refractivity contribution in [1.29, 1.82) is 0 Å². The second-order valence-electron chi connectivity index (χ2n) is 10.4. The number of rotatable bonds is 8. The van der Waals surface area contributed by atoms with Gasteiger partial charge in [-0.25, -0.2) is 17.6 Å². The van der Waals surface area contributed by atoms with Gasteiger partial charge >= 0.3 is 6.11 Å². The van der Waals surface area contributed by atoms with Gasteiger partial charge in [0.2, 0.25) is 0 Å². The lowest BCUT2D eigenvalue weighted by Crippen LogP contribution is -2.34. The highest BCUT2D eigenvalue weighted by molar-refractivity contribution is 5.65. The van der Waals surface area contributed by atoms with Crippen LogP contribution in [0.1, 0.15) is 58.3 Å². The Bertz CT molecular complexity index is 1060. The van der Waals surface area contributed by atoms with Crippen LogP contribution in [0.25, 0.3) is 11.1 Å². The number of ether oxygens (including phenoxy) is 2. The van der Waals surface area contributed by atoms with Crippen molar-refractivity contribution < 1.29 is 35.8 Å². The van der Waals surface area contributed by atoms with Gasteiger partial charge in [0.05, 0.1) is 6.10 Å². The third-order valence-electron chi connectivity index (χ3n) is 7.42. The number of allylic oxidation sites excluding steroid dienone is 2. The van der Waals surface area contributed by atoms with Crippen molar-refractivity contribution in [3.63, 3.8) is 0 Å². The van der Waals surface area contributed by atoms with Gasteiger partial charge in [-0.2, -0.15) is 8.78 Å². The van der Waals surface area contributed by atoms with Gasteiger partial charge in [-0.15, -0.1) is 0 Å². The Kier molecular flexibility index (Phi) is 8.88. The van der Waals surface area contributed by atoms with Gasteiger partial charge in [0.25, 0.3) is 0 Å². The average Bonchev–Trinajstić information content (AvgIpc) is 2.86. The minimum atomic E-state index is -3.70. The first-order chi connectivity index (χ1) is 17.6. The van der Waals surface area contributed by atoms with E-state index in [0.717, 1.165) is 30.9 Å². The summed E-state index contributed by atoms with van der Waals surface area (Å²) in [6.07, 6.45) is 8.79. The molecule has 0 N–H and O–H groups in total. The van der Waals surface area contributed by atoms with E-state index in [0.29, 0.717) is 42.9 Å². The molecule has 0 heterocycles. The summed E-state index contributed by atoms with van der Waals surface area (Å²) >= 11 is 0. The monoisotopic (exact) mass is 526 g/mol. The first-order valence-electron chi connectivity index (χ1n) is 12.9. The number of halogens is 6. The van der Waals surface area contributed by atoms with Crippen molar-refractivity contribution in [1.82, 2.24) is 0 Å². The van der Waals surface area contributed by atoms with Crippen LogP contribution in [0.5, 0.6) is 5.75 Å². The Morgan fingerprint density at radius 1 is 0.784 bits per heavy atom. The normalized spacial score (nSPS) is 24.9. The number of alkyl halides is 2. The van der Waals surface area contributed by atoms with Gasteiger partial charge in [-0.05, 0) is 86.1 Å². The fraction of sp³-hybridized carbons (Fsp3) is 0.517. The van der Waals surface area contributed by atoms with Crippen LogP contribution < -0.4 is 4.74 Å². The van der Waals surface area contributed by atoms with Crippen LogP contribution in [-0.2, 0) is 4.74 Å². The summed E-state index contributed by atoms with van der Waals surface area (Å²) < 4.78 is 93.4. The Balaban J connectivity index is 1.25. The fourth-order valence-electron chi connectivity index (χ4n) is 5.16. The third kappa shape index (κ3) is 7.53. The van der Waals surface area contributed by atoms with Crippen LogP contribution in [0.3, 0.4) is 0 Å². The van der Waals surface area contributed by atoms with E-state index in [2.05, 4.69) is 23.8 Å². The van der Waals surface area contributed by atoms with Crippen LogP contribution in [0, 0.1) is 41.0 Å². The highest BCUT2D eigenvalue weighted by Gasteiger charge is 2.34. The molecule has 0 bridgehead atoms. The first kappa shape index (κ1) is 27.6. The van der Waals surface area contributed by atoms with Crippen LogP contribution >= 0.6 is 0 Å². The summed E-state index contributed by atoms with van der Waals surface area (Å²) in [5, 5.41) is 0. The number of benzene rings is 2. The highest BCUT2D eigenvalue weighted by atomic mass is 19.3. The van der Waals surface area contributed by atoms with E-state index in [1.165, 1.54) is 25.7 Å². The van der Waals surface area contributed by atoms with E-state index in [1.54, 1.807) is 0 Å². The summed E-state index contributed by atoms with van der Waals surface area (Å²) in [7, 11) is 0. The topological polar surface area (TPSA) is 18.5 Å². The molecule has 0 spiro atoms. The van der Waals surface area contributed by atoms with Crippen molar-refractivity contribution in [2.24, 2.45) is 17.8 Å². The molecule has 0 saturated heterocycles. The third-order valence-corrected chi connectivity index (χ3v) is 7.42. The zero-order valence-electron chi connectivity index (χ0n) is 20.8. The van der Waals surface area contributed by atoms with E-state index in [1.807, 2.05) is 0 Å². The Morgan fingerprint density at radius 2 is 1.35 bits per heavy atom. The lowest BCUT2D eigenvalue weighted by Gasteiger charge is -2.29. The molecule has 37 heavy (non-hydrogen) atoms. The molecule has 2 fully saturated rings. The standard InChI is InChI=1S/C29H32F6O2/c1-18-2-4-19(5-3-18)6-7-20-8-10-22(11-9-20)36-17-29(34,35)37-23-12-13-24(25(30)16-23)21-14-26(31)28(33)27(32)15-21/h6-7,12-16,18-20,22H,2-5,8-11,17H2,1H3/b7-6+. The summed E-state index contributed by atoms with van der Waals surface area (Å²) in [6.45, 7) is 1.32. The predicted octanol–water partition coefficient (Wildman–Crippen LogP) is 8.84. The molecule has 0 amide bonds.